The van der Waals surface area contributed by atoms with Crippen LogP contribution in [0.3, 0.4) is 0 Å². The number of rotatable bonds is 5. The molecule has 2 aromatic rings. The van der Waals surface area contributed by atoms with E-state index >= 15 is 0 Å². The Hall–Kier alpha value is -1.93. The van der Waals surface area contributed by atoms with Crippen LogP contribution < -0.4 is 10.6 Å². The number of ether oxygens (including phenoxy) is 1. The minimum absolute atomic E-state index is 0.430. The minimum atomic E-state index is -0.752. The predicted molar refractivity (Wildman–Crippen MR) is 79.3 cm³/mol. The Morgan fingerprint density at radius 1 is 1.33 bits per heavy atom. The molecule has 114 valence electrons. The van der Waals surface area contributed by atoms with Crippen molar-refractivity contribution in [2.24, 2.45) is 0 Å². The number of H-pyrrole nitrogens is 1. The lowest BCUT2D eigenvalue weighted by Crippen LogP contribution is -2.42. The summed E-state index contributed by atoms with van der Waals surface area (Å²) in [5, 5.41) is 24.5. The fourth-order valence-electron chi connectivity index (χ4n) is 2.38. The molecule has 1 aliphatic rings. The molecule has 4 N–H and O–H groups in total. The number of hydrogen-bond donors (Lipinski definition) is 4. The highest BCUT2D eigenvalue weighted by atomic mass is 16.5. The molecule has 21 heavy (non-hydrogen) atoms. The second-order valence-corrected chi connectivity index (χ2v) is 5.25. The van der Waals surface area contributed by atoms with Crippen LogP contribution in [0.5, 0.6) is 0 Å². The standard InChI is InChI=1S/C13H20N6O2/c1-2-14-12-17-10(9-7-16-19-11(9)18-12)15-8-13(20)3-5-21-6-4-13/h7,20H,2-6,8H2,1H3,(H3,14,15,16,17,18,19). The Kier molecular flexibility index (Phi) is 3.89. The highest BCUT2D eigenvalue weighted by Gasteiger charge is 2.29. The molecule has 0 atom stereocenters. The van der Waals surface area contributed by atoms with Crippen LogP contribution in [0.1, 0.15) is 19.8 Å². The molecule has 0 unspecified atom stereocenters. The van der Waals surface area contributed by atoms with Gasteiger partial charge in [-0.2, -0.15) is 15.1 Å². The van der Waals surface area contributed by atoms with Crippen molar-refractivity contribution in [3.8, 4) is 0 Å². The summed E-state index contributed by atoms with van der Waals surface area (Å²) in [5.41, 5.74) is -0.0835. The van der Waals surface area contributed by atoms with E-state index in [4.69, 9.17) is 4.74 Å². The molecule has 0 amide bonds. The zero-order chi connectivity index (χ0) is 14.7. The molecule has 3 rings (SSSR count). The van der Waals surface area contributed by atoms with Gasteiger partial charge < -0.3 is 20.5 Å². The second kappa shape index (κ2) is 5.82. The third kappa shape index (κ3) is 3.06. The third-order valence-electron chi connectivity index (χ3n) is 3.65. The number of aliphatic hydroxyl groups is 1. The monoisotopic (exact) mass is 292 g/mol. The van der Waals surface area contributed by atoms with Gasteiger partial charge in [0.05, 0.1) is 17.2 Å². The summed E-state index contributed by atoms with van der Waals surface area (Å²) >= 11 is 0. The number of fused-ring (bicyclic) bond motifs is 1. The lowest BCUT2D eigenvalue weighted by Gasteiger charge is -2.32. The van der Waals surface area contributed by atoms with Gasteiger partial charge in [-0.05, 0) is 6.92 Å². The molecule has 0 aromatic carbocycles. The second-order valence-electron chi connectivity index (χ2n) is 5.25. The summed E-state index contributed by atoms with van der Waals surface area (Å²) in [7, 11) is 0. The Labute approximate surface area is 122 Å². The van der Waals surface area contributed by atoms with E-state index in [1.165, 1.54) is 0 Å². The van der Waals surface area contributed by atoms with Gasteiger partial charge in [0, 0.05) is 39.1 Å². The number of aromatic amines is 1. The number of anilines is 2. The van der Waals surface area contributed by atoms with Crippen molar-refractivity contribution >= 4 is 22.8 Å². The average molecular weight is 292 g/mol. The van der Waals surface area contributed by atoms with Gasteiger partial charge in [0.15, 0.2) is 5.65 Å². The van der Waals surface area contributed by atoms with Crippen LogP contribution in [0.2, 0.25) is 0 Å². The topological polar surface area (TPSA) is 108 Å². The van der Waals surface area contributed by atoms with Gasteiger partial charge in [0.2, 0.25) is 5.95 Å². The fraction of sp³-hybridized carbons (Fsp3) is 0.615. The van der Waals surface area contributed by atoms with E-state index in [2.05, 4.69) is 30.8 Å². The predicted octanol–water partition coefficient (Wildman–Crippen LogP) is 0.738. The first-order chi connectivity index (χ1) is 10.2. The summed E-state index contributed by atoms with van der Waals surface area (Å²) in [6, 6.07) is 0. The highest BCUT2D eigenvalue weighted by Crippen LogP contribution is 2.24. The maximum atomic E-state index is 10.5. The van der Waals surface area contributed by atoms with Crippen LogP contribution in [-0.2, 0) is 4.74 Å². The molecular formula is C13H20N6O2. The van der Waals surface area contributed by atoms with E-state index in [0.29, 0.717) is 50.0 Å². The van der Waals surface area contributed by atoms with Crippen molar-refractivity contribution in [3.63, 3.8) is 0 Å². The molecule has 1 saturated heterocycles. The lowest BCUT2D eigenvalue weighted by atomic mass is 9.94. The number of aromatic nitrogens is 4. The molecule has 1 fully saturated rings. The van der Waals surface area contributed by atoms with E-state index in [1.54, 1.807) is 6.20 Å². The summed E-state index contributed by atoms with van der Waals surface area (Å²) in [4.78, 5) is 8.78. The molecule has 8 nitrogen and oxygen atoms in total. The van der Waals surface area contributed by atoms with Crippen LogP contribution >= 0.6 is 0 Å². The summed E-state index contributed by atoms with van der Waals surface area (Å²) in [6.07, 6.45) is 2.93. The quantitative estimate of drug-likeness (QED) is 0.643. The molecule has 0 bridgehead atoms. The first-order valence-corrected chi connectivity index (χ1v) is 7.19. The molecule has 3 heterocycles. The molecule has 0 spiro atoms. The van der Waals surface area contributed by atoms with Gasteiger partial charge in [0.1, 0.15) is 5.82 Å². The van der Waals surface area contributed by atoms with Crippen molar-refractivity contribution < 1.29 is 9.84 Å². The number of nitrogens with zero attached hydrogens (tertiary/aromatic N) is 3. The largest absolute Gasteiger partial charge is 0.388 e. The van der Waals surface area contributed by atoms with Gasteiger partial charge in [0.25, 0.3) is 0 Å². The van der Waals surface area contributed by atoms with Crippen molar-refractivity contribution in [1.29, 1.82) is 0 Å². The van der Waals surface area contributed by atoms with E-state index in [-0.39, 0.29) is 0 Å². The molecule has 0 aliphatic carbocycles. The van der Waals surface area contributed by atoms with Gasteiger partial charge >= 0.3 is 0 Å². The van der Waals surface area contributed by atoms with Crippen molar-refractivity contribution in [2.45, 2.75) is 25.4 Å². The van der Waals surface area contributed by atoms with E-state index in [0.717, 1.165) is 11.9 Å². The van der Waals surface area contributed by atoms with Crippen LogP contribution in [-0.4, -0.2) is 57.2 Å². The van der Waals surface area contributed by atoms with Crippen molar-refractivity contribution in [3.05, 3.63) is 6.20 Å². The maximum absolute atomic E-state index is 10.5. The first-order valence-electron chi connectivity index (χ1n) is 7.19. The van der Waals surface area contributed by atoms with Crippen LogP contribution in [0.4, 0.5) is 11.8 Å². The van der Waals surface area contributed by atoms with Gasteiger partial charge in [-0.15, -0.1) is 0 Å². The zero-order valence-corrected chi connectivity index (χ0v) is 12.0. The third-order valence-corrected chi connectivity index (χ3v) is 3.65. The van der Waals surface area contributed by atoms with Gasteiger partial charge in [-0.3, -0.25) is 5.10 Å². The summed E-state index contributed by atoms with van der Waals surface area (Å²) < 4.78 is 5.29. The highest BCUT2D eigenvalue weighted by molar-refractivity contribution is 5.86. The Morgan fingerprint density at radius 2 is 2.14 bits per heavy atom. The van der Waals surface area contributed by atoms with E-state index < -0.39 is 5.60 Å². The van der Waals surface area contributed by atoms with Gasteiger partial charge in [-0.1, -0.05) is 0 Å². The zero-order valence-electron chi connectivity index (χ0n) is 12.0. The van der Waals surface area contributed by atoms with Crippen molar-refractivity contribution in [2.75, 3.05) is 36.9 Å². The molecular weight excluding hydrogens is 272 g/mol. The SMILES string of the molecule is CCNc1nc(NCC2(O)CCOCC2)c2cn[nH]c2n1. The van der Waals surface area contributed by atoms with Gasteiger partial charge in [-0.25, -0.2) is 0 Å². The Balaban J connectivity index is 1.80. The van der Waals surface area contributed by atoms with Crippen LogP contribution in [0.25, 0.3) is 11.0 Å². The average Bonchev–Trinajstić information content (AvgIpc) is 2.94. The molecule has 8 heteroatoms. The maximum Gasteiger partial charge on any atom is 0.226 e. The van der Waals surface area contributed by atoms with E-state index in [9.17, 15) is 5.11 Å². The smallest absolute Gasteiger partial charge is 0.226 e. The van der Waals surface area contributed by atoms with Crippen LogP contribution in [0.15, 0.2) is 6.20 Å². The molecule has 2 aromatic heterocycles. The molecule has 1 aliphatic heterocycles. The molecule has 0 radical (unpaired) electrons. The molecule has 0 saturated carbocycles. The number of nitrogens with one attached hydrogen (secondary N) is 3. The van der Waals surface area contributed by atoms with Crippen molar-refractivity contribution in [1.82, 2.24) is 20.2 Å². The van der Waals surface area contributed by atoms with Crippen LogP contribution in [0, 0.1) is 0 Å². The summed E-state index contributed by atoms with van der Waals surface area (Å²) in [6.45, 7) is 4.33. The van der Waals surface area contributed by atoms with E-state index in [1.807, 2.05) is 6.92 Å². The minimum Gasteiger partial charge on any atom is -0.388 e. The number of hydrogen-bond acceptors (Lipinski definition) is 7. The Bertz CT molecular complexity index is 608. The normalized spacial score (nSPS) is 17.8. The first kappa shape index (κ1) is 14.0. The fourth-order valence-corrected chi connectivity index (χ4v) is 2.38. The lowest BCUT2D eigenvalue weighted by molar-refractivity contribution is -0.0543. The summed E-state index contributed by atoms with van der Waals surface area (Å²) in [5.74, 6) is 1.21. The Morgan fingerprint density at radius 3 is 2.90 bits per heavy atom.